The molecule has 2 heteroatoms. The summed E-state index contributed by atoms with van der Waals surface area (Å²) in [6.45, 7) is 7.31. The molecule has 1 aromatic carbocycles. The van der Waals surface area contributed by atoms with Gasteiger partial charge in [0.1, 0.15) is 18.0 Å². The number of aliphatic hydroxyl groups excluding tert-OH is 1. The fourth-order valence-electron chi connectivity index (χ4n) is 1.90. The minimum atomic E-state index is -0.197. The highest BCUT2D eigenvalue weighted by atomic mass is 16.5. The summed E-state index contributed by atoms with van der Waals surface area (Å²) >= 11 is 0. The van der Waals surface area contributed by atoms with Gasteiger partial charge >= 0.3 is 0 Å². The van der Waals surface area contributed by atoms with Crippen molar-refractivity contribution in [2.45, 2.75) is 45.1 Å². The minimum Gasteiger partial charge on any atom is -0.488 e. The number of aliphatic hydroxyl groups is 1. The molecule has 1 fully saturated rings. The molecule has 0 aliphatic heterocycles. The first kappa shape index (κ1) is 11.5. The number of hydrogen-bond acceptors (Lipinski definition) is 2. The van der Waals surface area contributed by atoms with Crippen LogP contribution in [0.15, 0.2) is 18.2 Å². The zero-order chi connectivity index (χ0) is 11.8. The lowest BCUT2D eigenvalue weighted by molar-refractivity contribution is 0.129. The highest BCUT2D eigenvalue weighted by Gasteiger charge is 2.30. The lowest BCUT2D eigenvalue weighted by atomic mass is 10.0. The molecule has 0 amide bonds. The Bertz CT molecular complexity index is 373. The molecule has 0 atom stereocenters. The predicted molar refractivity (Wildman–Crippen MR) is 64.1 cm³/mol. The maximum atomic E-state index is 9.24. The molecule has 1 aliphatic carbocycles. The van der Waals surface area contributed by atoms with E-state index in [0.29, 0.717) is 5.92 Å². The molecule has 0 bridgehead atoms. The van der Waals surface area contributed by atoms with Gasteiger partial charge < -0.3 is 9.84 Å². The smallest absolute Gasteiger partial charge is 0.123 e. The van der Waals surface area contributed by atoms with E-state index in [1.807, 2.05) is 39.0 Å². The standard InChI is InChI=1S/C14H19O2/c1-14(2,3)16-12-6-4-5-11(9-15)13(12)10-7-8-10/h4-6,9-10,15H,7-8H2,1-3H3. The molecule has 1 radical (unpaired) electrons. The van der Waals surface area contributed by atoms with Crippen LogP contribution in [0.3, 0.4) is 0 Å². The third kappa shape index (κ3) is 2.56. The van der Waals surface area contributed by atoms with Crippen molar-refractivity contribution in [2.24, 2.45) is 0 Å². The van der Waals surface area contributed by atoms with Crippen LogP contribution in [0.25, 0.3) is 0 Å². The fourth-order valence-corrected chi connectivity index (χ4v) is 1.90. The van der Waals surface area contributed by atoms with Gasteiger partial charge in [0.25, 0.3) is 0 Å². The molecule has 1 saturated carbocycles. The number of ether oxygens (including phenoxy) is 1. The molecular formula is C14H19O2. The van der Waals surface area contributed by atoms with Gasteiger partial charge in [0.15, 0.2) is 0 Å². The second kappa shape index (κ2) is 4.10. The van der Waals surface area contributed by atoms with Gasteiger partial charge in [-0.1, -0.05) is 12.1 Å². The van der Waals surface area contributed by atoms with Crippen LogP contribution in [0.5, 0.6) is 5.75 Å². The van der Waals surface area contributed by atoms with E-state index in [0.717, 1.165) is 11.3 Å². The molecule has 0 saturated heterocycles. The van der Waals surface area contributed by atoms with Gasteiger partial charge in [0, 0.05) is 5.56 Å². The van der Waals surface area contributed by atoms with Crippen LogP contribution in [-0.4, -0.2) is 10.7 Å². The molecule has 1 aromatic rings. The molecule has 0 spiro atoms. The first-order chi connectivity index (χ1) is 7.51. The molecule has 0 unspecified atom stereocenters. The van der Waals surface area contributed by atoms with Gasteiger partial charge in [0.05, 0.1) is 0 Å². The van der Waals surface area contributed by atoms with Gasteiger partial charge in [-0.05, 0) is 51.2 Å². The van der Waals surface area contributed by atoms with Gasteiger partial charge in [-0.3, -0.25) is 0 Å². The summed E-state index contributed by atoms with van der Waals surface area (Å²) in [4.78, 5) is 0. The van der Waals surface area contributed by atoms with Crippen molar-refractivity contribution in [2.75, 3.05) is 0 Å². The third-order valence-corrected chi connectivity index (χ3v) is 2.64. The van der Waals surface area contributed by atoms with Crippen molar-refractivity contribution >= 4 is 0 Å². The second-order valence-electron chi connectivity index (χ2n) is 5.38. The Labute approximate surface area is 97.3 Å². The average molecular weight is 219 g/mol. The van der Waals surface area contributed by atoms with E-state index >= 15 is 0 Å². The van der Waals surface area contributed by atoms with Crippen molar-refractivity contribution in [1.82, 2.24) is 0 Å². The van der Waals surface area contributed by atoms with Crippen LogP contribution in [-0.2, 0) is 0 Å². The molecule has 0 aromatic heterocycles. The molecule has 2 rings (SSSR count). The topological polar surface area (TPSA) is 29.5 Å². The van der Waals surface area contributed by atoms with Crippen LogP contribution in [0, 0.1) is 6.61 Å². The van der Waals surface area contributed by atoms with Crippen LogP contribution < -0.4 is 4.74 Å². The Kier molecular flexibility index (Phi) is 2.94. The zero-order valence-corrected chi connectivity index (χ0v) is 10.2. The largest absolute Gasteiger partial charge is 0.488 e. The van der Waals surface area contributed by atoms with Crippen molar-refractivity contribution in [3.05, 3.63) is 35.9 Å². The molecule has 0 heterocycles. The highest BCUT2D eigenvalue weighted by molar-refractivity contribution is 5.47. The Morgan fingerprint density at radius 1 is 1.31 bits per heavy atom. The molecule has 1 N–H and O–H groups in total. The second-order valence-corrected chi connectivity index (χ2v) is 5.38. The van der Waals surface area contributed by atoms with E-state index in [1.165, 1.54) is 25.0 Å². The van der Waals surface area contributed by atoms with E-state index in [4.69, 9.17) is 4.74 Å². The van der Waals surface area contributed by atoms with Crippen LogP contribution in [0.1, 0.15) is 50.7 Å². The lowest BCUT2D eigenvalue weighted by Crippen LogP contribution is -2.23. The summed E-state index contributed by atoms with van der Waals surface area (Å²) in [6.07, 6.45) is 2.40. The SMILES string of the molecule is CC(C)(C)Oc1cccc([CH]O)c1C1CC1. The summed E-state index contributed by atoms with van der Waals surface area (Å²) in [5.41, 5.74) is 1.86. The lowest BCUT2D eigenvalue weighted by Gasteiger charge is -2.24. The monoisotopic (exact) mass is 219 g/mol. The van der Waals surface area contributed by atoms with Gasteiger partial charge in [-0.2, -0.15) is 0 Å². The molecule has 16 heavy (non-hydrogen) atoms. The van der Waals surface area contributed by atoms with Gasteiger partial charge in [0.2, 0.25) is 0 Å². The van der Waals surface area contributed by atoms with Crippen molar-refractivity contribution < 1.29 is 9.84 Å². The maximum Gasteiger partial charge on any atom is 0.123 e. The molecule has 2 nitrogen and oxygen atoms in total. The van der Waals surface area contributed by atoms with Crippen molar-refractivity contribution in [3.8, 4) is 5.75 Å². The fraction of sp³-hybridized carbons (Fsp3) is 0.500. The third-order valence-electron chi connectivity index (χ3n) is 2.64. The van der Waals surface area contributed by atoms with Crippen LogP contribution >= 0.6 is 0 Å². The predicted octanol–water partition coefficient (Wildman–Crippen LogP) is 3.62. The Morgan fingerprint density at radius 3 is 2.50 bits per heavy atom. The zero-order valence-electron chi connectivity index (χ0n) is 10.2. The summed E-state index contributed by atoms with van der Waals surface area (Å²) < 4.78 is 5.95. The first-order valence-electron chi connectivity index (χ1n) is 5.80. The molecular weight excluding hydrogens is 200 g/mol. The van der Waals surface area contributed by atoms with Crippen molar-refractivity contribution in [3.63, 3.8) is 0 Å². The van der Waals surface area contributed by atoms with Crippen molar-refractivity contribution in [1.29, 1.82) is 0 Å². The Balaban J connectivity index is 2.35. The summed E-state index contributed by atoms with van der Waals surface area (Å²) in [5.74, 6) is 1.48. The van der Waals surface area contributed by atoms with Gasteiger partial charge in [-0.15, -0.1) is 0 Å². The van der Waals surface area contributed by atoms with E-state index in [9.17, 15) is 5.11 Å². The Morgan fingerprint density at radius 2 is 2.00 bits per heavy atom. The Hall–Kier alpha value is -1.02. The molecule has 1 aliphatic rings. The normalized spacial score (nSPS) is 16.2. The quantitative estimate of drug-likeness (QED) is 0.841. The van der Waals surface area contributed by atoms with Crippen LogP contribution in [0.2, 0.25) is 0 Å². The average Bonchev–Trinajstić information content (AvgIpc) is 2.98. The maximum absolute atomic E-state index is 9.24. The van der Waals surface area contributed by atoms with E-state index in [1.54, 1.807) is 0 Å². The first-order valence-corrected chi connectivity index (χ1v) is 5.80. The van der Waals surface area contributed by atoms with E-state index in [-0.39, 0.29) is 5.60 Å². The van der Waals surface area contributed by atoms with E-state index in [2.05, 4.69) is 0 Å². The van der Waals surface area contributed by atoms with E-state index < -0.39 is 0 Å². The number of rotatable bonds is 3. The number of benzene rings is 1. The summed E-state index contributed by atoms with van der Waals surface area (Å²) in [6, 6.07) is 5.85. The number of hydrogen-bond donors (Lipinski definition) is 1. The minimum absolute atomic E-state index is 0.197. The summed E-state index contributed by atoms with van der Waals surface area (Å²) in [5, 5.41) is 9.24. The molecule has 87 valence electrons. The highest BCUT2D eigenvalue weighted by Crippen LogP contribution is 2.46. The van der Waals surface area contributed by atoms with Crippen LogP contribution in [0.4, 0.5) is 0 Å². The summed E-state index contributed by atoms with van der Waals surface area (Å²) in [7, 11) is 0. The van der Waals surface area contributed by atoms with Gasteiger partial charge in [-0.25, -0.2) is 0 Å².